The summed E-state index contributed by atoms with van der Waals surface area (Å²) >= 11 is 0. The molecule has 0 spiro atoms. The molecule has 2 aromatic rings. The molecule has 0 radical (unpaired) electrons. The van der Waals surface area contributed by atoms with E-state index in [4.69, 9.17) is 0 Å². The maximum atomic E-state index is 4.42. The third kappa shape index (κ3) is 3.16. The normalized spacial score (nSPS) is 12.4. The molecule has 0 saturated heterocycles. The summed E-state index contributed by atoms with van der Waals surface area (Å²) < 4.78 is 1.93. The van der Waals surface area contributed by atoms with E-state index in [1.54, 1.807) is 0 Å². The van der Waals surface area contributed by atoms with E-state index in [-0.39, 0.29) is 0 Å². The van der Waals surface area contributed by atoms with Gasteiger partial charge in [0.1, 0.15) is 0 Å². The summed E-state index contributed by atoms with van der Waals surface area (Å²) in [6, 6.07) is 10.7. The van der Waals surface area contributed by atoms with Crippen molar-refractivity contribution in [2.45, 2.75) is 33.1 Å². The monoisotopic (exact) mass is 257 g/mol. The highest BCUT2D eigenvalue weighted by atomic mass is 15.3. The molecule has 1 unspecified atom stereocenters. The molecule has 1 atom stereocenters. The van der Waals surface area contributed by atoms with Crippen molar-refractivity contribution in [3.63, 3.8) is 0 Å². The van der Waals surface area contributed by atoms with Crippen molar-refractivity contribution in [1.29, 1.82) is 0 Å². The molecule has 0 aliphatic carbocycles. The van der Waals surface area contributed by atoms with E-state index in [9.17, 15) is 0 Å². The smallest absolute Gasteiger partial charge is 0.0827 e. The first-order valence-corrected chi connectivity index (χ1v) is 6.88. The number of nitrogens with zero attached hydrogens (tertiary/aromatic N) is 2. The van der Waals surface area contributed by atoms with Crippen LogP contribution in [0.3, 0.4) is 0 Å². The number of aromatic nitrogens is 2. The highest BCUT2D eigenvalue weighted by Gasteiger charge is 2.09. The molecule has 0 amide bonds. The number of anilines is 1. The van der Waals surface area contributed by atoms with Crippen molar-refractivity contribution in [2.75, 3.05) is 11.9 Å². The second-order valence-corrected chi connectivity index (χ2v) is 5.20. The van der Waals surface area contributed by atoms with Gasteiger partial charge in [-0.2, -0.15) is 5.10 Å². The van der Waals surface area contributed by atoms with Crippen molar-refractivity contribution in [2.24, 2.45) is 7.05 Å². The van der Waals surface area contributed by atoms with Crippen LogP contribution in [0.15, 0.2) is 30.3 Å². The van der Waals surface area contributed by atoms with Crippen LogP contribution in [0.1, 0.15) is 36.2 Å². The Labute approximate surface area is 115 Å². The number of hydrogen-bond donors (Lipinski definition) is 1. The lowest BCUT2D eigenvalue weighted by Crippen LogP contribution is -2.07. The quantitative estimate of drug-likeness (QED) is 0.886. The standard InChI is InChI=1S/C16H23N3/c1-12(15-8-6-5-7-9-15)10-11-17-16-13(2)18-19(4)14(16)3/h5-9,12,17H,10-11H2,1-4H3. The van der Waals surface area contributed by atoms with E-state index in [2.05, 4.69) is 61.5 Å². The Hall–Kier alpha value is -1.77. The molecule has 0 aliphatic rings. The largest absolute Gasteiger partial charge is 0.382 e. The molecule has 0 bridgehead atoms. The first kappa shape index (κ1) is 13.7. The third-order valence-corrected chi connectivity index (χ3v) is 3.76. The minimum absolute atomic E-state index is 0.575. The van der Waals surface area contributed by atoms with Gasteiger partial charge in [-0.3, -0.25) is 4.68 Å². The van der Waals surface area contributed by atoms with Gasteiger partial charge in [-0.1, -0.05) is 37.3 Å². The molecule has 0 fully saturated rings. The van der Waals surface area contributed by atoms with E-state index < -0.39 is 0 Å². The van der Waals surface area contributed by atoms with Gasteiger partial charge < -0.3 is 5.32 Å². The Morgan fingerprint density at radius 3 is 2.47 bits per heavy atom. The summed E-state index contributed by atoms with van der Waals surface area (Å²) in [4.78, 5) is 0. The molecular weight excluding hydrogens is 234 g/mol. The average Bonchev–Trinajstić information content (AvgIpc) is 2.66. The van der Waals surface area contributed by atoms with Crippen LogP contribution in [0.5, 0.6) is 0 Å². The highest BCUT2D eigenvalue weighted by molar-refractivity contribution is 5.51. The van der Waals surface area contributed by atoms with Gasteiger partial charge in [-0.05, 0) is 31.7 Å². The van der Waals surface area contributed by atoms with E-state index >= 15 is 0 Å². The van der Waals surface area contributed by atoms with Crippen LogP contribution in [0.25, 0.3) is 0 Å². The molecule has 0 aliphatic heterocycles. The van der Waals surface area contributed by atoms with Crippen LogP contribution >= 0.6 is 0 Å². The molecule has 1 N–H and O–H groups in total. The Morgan fingerprint density at radius 1 is 1.21 bits per heavy atom. The summed E-state index contributed by atoms with van der Waals surface area (Å²) in [5, 5.41) is 7.94. The summed E-state index contributed by atoms with van der Waals surface area (Å²) in [7, 11) is 1.99. The maximum Gasteiger partial charge on any atom is 0.0827 e. The molecule has 1 aromatic carbocycles. The van der Waals surface area contributed by atoms with Crippen LogP contribution in [0.2, 0.25) is 0 Å². The maximum absolute atomic E-state index is 4.42. The summed E-state index contributed by atoms with van der Waals surface area (Å²) in [6.07, 6.45) is 1.12. The minimum atomic E-state index is 0.575. The van der Waals surface area contributed by atoms with Crippen LogP contribution in [-0.2, 0) is 7.05 Å². The molecule has 3 nitrogen and oxygen atoms in total. The lowest BCUT2D eigenvalue weighted by atomic mass is 9.98. The van der Waals surface area contributed by atoms with Gasteiger partial charge >= 0.3 is 0 Å². The van der Waals surface area contributed by atoms with Crippen LogP contribution in [0.4, 0.5) is 5.69 Å². The summed E-state index contributed by atoms with van der Waals surface area (Å²) in [5.74, 6) is 0.575. The second-order valence-electron chi connectivity index (χ2n) is 5.20. The topological polar surface area (TPSA) is 29.9 Å². The number of aryl methyl sites for hydroxylation is 2. The fourth-order valence-electron chi connectivity index (χ4n) is 2.39. The molecule has 1 heterocycles. The SMILES string of the molecule is Cc1nn(C)c(C)c1NCCC(C)c1ccccc1. The minimum Gasteiger partial charge on any atom is -0.382 e. The summed E-state index contributed by atoms with van der Waals surface area (Å²) in [6.45, 7) is 7.41. The fourth-order valence-corrected chi connectivity index (χ4v) is 2.39. The predicted octanol–water partition coefficient (Wildman–Crippen LogP) is 3.64. The van der Waals surface area contributed by atoms with Crippen LogP contribution in [0, 0.1) is 13.8 Å². The lowest BCUT2D eigenvalue weighted by Gasteiger charge is -2.13. The predicted molar refractivity (Wildman–Crippen MR) is 80.6 cm³/mol. The zero-order valence-electron chi connectivity index (χ0n) is 12.3. The van der Waals surface area contributed by atoms with Gasteiger partial charge in [0, 0.05) is 13.6 Å². The molecule has 19 heavy (non-hydrogen) atoms. The van der Waals surface area contributed by atoms with Gasteiger partial charge in [0.2, 0.25) is 0 Å². The van der Waals surface area contributed by atoms with Gasteiger partial charge in [-0.25, -0.2) is 0 Å². The van der Waals surface area contributed by atoms with Crippen molar-refractivity contribution in [1.82, 2.24) is 9.78 Å². The number of nitrogens with one attached hydrogen (secondary N) is 1. The lowest BCUT2D eigenvalue weighted by molar-refractivity contribution is 0.705. The zero-order valence-corrected chi connectivity index (χ0v) is 12.3. The molecule has 102 valence electrons. The van der Waals surface area contributed by atoms with Gasteiger partial charge in [0.05, 0.1) is 17.1 Å². The summed E-state index contributed by atoms with van der Waals surface area (Å²) in [5.41, 5.74) is 4.86. The second kappa shape index (κ2) is 5.91. The van der Waals surface area contributed by atoms with E-state index in [1.807, 2.05) is 11.7 Å². The molecule has 2 rings (SSSR count). The number of rotatable bonds is 5. The molecular formula is C16H23N3. The number of benzene rings is 1. The Balaban J connectivity index is 1.90. The van der Waals surface area contributed by atoms with Crippen molar-refractivity contribution in [3.8, 4) is 0 Å². The molecule has 3 heteroatoms. The van der Waals surface area contributed by atoms with Gasteiger partial charge in [0.15, 0.2) is 0 Å². The first-order chi connectivity index (χ1) is 9.09. The van der Waals surface area contributed by atoms with Gasteiger partial charge in [0.25, 0.3) is 0 Å². The Morgan fingerprint density at radius 2 is 1.89 bits per heavy atom. The van der Waals surface area contributed by atoms with Crippen molar-refractivity contribution in [3.05, 3.63) is 47.3 Å². The van der Waals surface area contributed by atoms with Crippen LogP contribution in [-0.4, -0.2) is 16.3 Å². The average molecular weight is 257 g/mol. The van der Waals surface area contributed by atoms with Crippen molar-refractivity contribution >= 4 is 5.69 Å². The van der Waals surface area contributed by atoms with Crippen molar-refractivity contribution < 1.29 is 0 Å². The third-order valence-electron chi connectivity index (χ3n) is 3.76. The van der Waals surface area contributed by atoms with E-state index in [0.717, 1.165) is 18.7 Å². The highest BCUT2D eigenvalue weighted by Crippen LogP contribution is 2.21. The fraction of sp³-hybridized carbons (Fsp3) is 0.438. The van der Waals surface area contributed by atoms with Gasteiger partial charge in [-0.15, -0.1) is 0 Å². The molecule has 0 saturated carbocycles. The Kier molecular flexibility index (Phi) is 4.25. The Bertz CT molecular complexity index is 528. The number of hydrogen-bond acceptors (Lipinski definition) is 2. The van der Waals surface area contributed by atoms with E-state index in [0.29, 0.717) is 5.92 Å². The van der Waals surface area contributed by atoms with Crippen LogP contribution < -0.4 is 5.32 Å². The van der Waals surface area contributed by atoms with E-state index in [1.165, 1.54) is 16.9 Å². The first-order valence-electron chi connectivity index (χ1n) is 6.88. The molecule has 1 aromatic heterocycles. The zero-order chi connectivity index (χ0) is 13.8.